The van der Waals surface area contributed by atoms with Crippen LogP contribution in [0.4, 0.5) is 11.8 Å². The third-order valence-electron chi connectivity index (χ3n) is 5.33. The maximum atomic E-state index is 12.9. The second-order valence-corrected chi connectivity index (χ2v) is 7.77. The van der Waals surface area contributed by atoms with Crippen LogP contribution in [0.2, 0.25) is 0 Å². The van der Waals surface area contributed by atoms with Gasteiger partial charge in [0.2, 0.25) is 5.95 Å². The van der Waals surface area contributed by atoms with Gasteiger partial charge in [0.1, 0.15) is 5.82 Å². The van der Waals surface area contributed by atoms with Crippen LogP contribution in [0, 0.1) is 0 Å². The number of carbonyl (C=O) groups excluding carboxylic acids is 1. The highest BCUT2D eigenvalue weighted by atomic mass is 16.1. The van der Waals surface area contributed by atoms with E-state index in [1.165, 1.54) is 5.56 Å². The standard InChI is InChI=1S/C23H25N5O/c1-15(2)17-5-3-4-16(10-17)11-21(29)18-6-8-25-22(12-18)28-9-7-20-19(14-28)13-26-23(24)27-20/h3-6,8,10,12-13,15H,7,9,11,14H2,1-2H3,(H2,24,26,27). The predicted molar refractivity (Wildman–Crippen MR) is 114 cm³/mol. The van der Waals surface area contributed by atoms with Crippen LogP contribution in [0.25, 0.3) is 0 Å². The number of Topliss-reactive ketones (excluding diaryl/α,β-unsaturated/α-hetero) is 1. The number of ketones is 1. The topological polar surface area (TPSA) is 85.0 Å². The average Bonchev–Trinajstić information content (AvgIpc) is 2.73. The van der Waals surface area contributed by atoms with Crippen molar-refractivity contribution in [2.24, 2.45) is 0 Å². The van der Waals surface area contributed by atoms with Crippen molar-refractivity contribution in [1.29, 1.82) is 0 Å². The van der Waals surface area contributed by atoms with Gasteiger partial charge in [-0.15, -0.1) is 0 Å². The molecule has 3 aromatic rings. The molecule has 0 amide bonds. The zero-order valence-corrected chi connectivity index (χ0v) is 16.8. The lowest BCUT2D eigenvalue weighted by atomic mass is 9.97. The lowest BCUT2D eigenvalue weighted by Crippen LogP contribution is -2.32. The predicted octanol–water partition coefficient (Wildman–Crippen LogP) is 3.57. The van der Waals surface area contributed by atoms with Crippen molar-refractivity contribution >= 4 is 17.5 Å². The molecular weight excluding hydrogens is 362 g/mol. The van der Waals surface area contributed by atoms with Gasteiger partial charge in [0.25, 0.3) is 0 Å². The largest absolute Gasteiger partial charge is 0.368 e. The Morgan fingerprint density at radius 1 is 1.21 bits per heavy atom. The van der Waals surface area contributed by atoms with Crippen molar-refractivity contribution in [3.05, 3.63) is 76.7 Å². The van der Waals surface area contributed by atoms with E-state index in [1.807, 2.05) is 18.2 Å². The molecule has 2 aromatic heterocycles. The van der Waals surface area contributed by atoms with Gasteiger partial charge in [-0.25, -0.2) is 15.0 Å². The summed E-state index contributed by atoms with van der Waals surface area (Å²) in [7, 11) is 0. The molecule has 0 unspecified atom stereocenters. The molecule has 2 N–H and O–H groups in total. The number of rotatable bonds is 5. The van der Waals surface area contributed by atoms with Crippen molar-refractivity contribution in [1.82, 2.24) is 15.0 Å². The Kier molecular flexibility index (Phi) is 5.25. The average molecular weight is 387 g/mol. The molecule has 1 aliphatic rings. The molecule has 0 radical (unpaired) electrons. The summed E-state index contributed by atoms with van der Waals surface area (Å²) in [4.78, 5) is 27.9. The van der Waals surface area contributed by atoms with Crippen molar-refractivity contribution in [3.8, 4) is 0 Å². The first-order valence-electron chi connectivity index (χ1n) is 9.93. The molecule has 4 rings (SSSR count). The first kappa shape index (κ1) is 19.1. The van der Waals surface area contributed by atoms with Gasteiger partial charge in [-0.2, -0.15) is 0 Å². The molecular formula is C23H25N5O. The van der Waals surface area contributed by atoms with Gasteiger partial charge in [-0.1, -0.05) is 38.1 Å². The van der Waals surface area contributed by atoms with Crippen LogP contribution >= 0.6 is 0 Å². The molecule has 0 saturated carbocycles. The fourth-order valence-electron chi connectivity index (χ4n) is 3.64. The molecule has 1 aliphatic heterocycles. The summed E-state index contributed by atoms with van der Waals surface area (Å²) < 4.78 is 0. The van der Waals surface area contributed by atoms with Crippen molar-refractivity contribution in [3.63, 3.8) is 0 Å². The van der Waals surface area contributed by atoms with Crippen molar-refractivity contribution in [2.75, 3.05) is 17.2 Å². The Labute approximate surface area is 170 Å². The van der Waals surface area contributed by atoms with Crippen LogP contribution in [0.15, 0.2) is 48.8 Å². The molecule has 0 saturated heterocycles. The SMILES string of the molecule is CC(C)c1cccc(CC(=O)c2ccnc(N3CCc4nc(N)ncc4C3)c2)c1. The monoisotopic (exact) mass is 387 g/mol. The van der Waals surface area contributed by atoms with E-state index in [0.29, 0.717) is 30.4 Å². The highest BCUT2D eigenvalue weighted by Crippen LogP contribution is 2.23. The van der Waals surface area contributed by atoms with E-state index in [4.69, 9.17) is 5.73 Å². The van der Waals surface area contributed by atoms with E-state index < -0.39 is 0 Å². The quantitative estimate of drug-likeness (QED) is 0.674. The normalized spacial score (nSPS) is 13.4. The van der Waals surface area contributed by atoms with Gasteiger partial charge < -0.3 is 10.6 Å². The summed E-state index contributed by atoms with van der Waals surface area (Å²) in [6, 6.07) is 11.9. The minimum atomic E-state index is 0.100. The van der Waals surface area contributed by atoms with Crippen LogP contribution in [0.3, 0.4) is 0 Å². The summed E-state index contributed by atoms with van der Waals surface area (Å²) in [6.07, 6.45) is 4.66. The van der Waals surface area contributed by atoms with E-state index in [0.717, 1.165) is 35.6 Å². The van der Waals surface area contributed by atoms with E-state index in [-0.39, 0.29) is 5.78 Å². The third-order valence-corrected chi connectivity index (χ3v) is 5.33. The van der Waals surface area contributed by atoms with Crippen LogP contribution < -0.4 is 10.6 Å². The first-order valence-corrected chi connectivity index (χ1v) is 9.93. The fourth-order valence-corrected chi connectivity index (χ4v) is 3.64. The number of benzene rings is 1. The summed E-state index contributed by atoms with van der Waals surface area (Å²) in [5.41, 5.74) is 10.7. The van der Waals surface area contributed by atoms with Gasteiger partial charge in [-0.3, -0.25) is 4.79 Å². The number of nitrogen functional groups attached to an aromatic ring is 1. The maximum Gasteiger partial charge on any atom is 0.220 e. The summed E-state index contributed by atoms with van der Waals surface area (Å²) >= 11 is 0. The number of carbonyl (C=O) groups is 1. The van der Waals surface area contributed by atoms with Gasteiger partial charge >= 0.3 is 0 Å². The molecule has 6 heteroatoms. The number of nitrogens with two attached hydrogens (primary N) is 1. The molecule has 3 heterocycles. The Bertz CT molecular complexity index is 1050. The molecule has 148 valence electrons. The number of aromatic nitrogens is 3. The van der Waals surface area contributed by atoms with E-state index in [9.17, 15) is 4.79 Å². The lowest BCUT2D eigenvalue weighted by Gasteiger charge is -2.29. The van der Waals surface area contributed by atoms with E-state index in [1.54, 1.807) is 18.5 Å². The summed E-state index contributed by atoms with van der Waals surface area (Å²) in [5.74, 6) is 1.65. The number of hydrogen-bond acceptors (Lipinski definition) is 6. The van der Waals surface area contributed by atoms with Gasteiger partial charge in [-0.05, 0) is 29.2 Å². The molecule has 1 aromatic carbocycles. The minimum Gasteiger partial charge on any atom is -0.368 e. The van der Waals surface area contributed by atoms with Crippen LogP contribution in [-0.4, -0.2) is 27.3 Å². The number of fused-ring (bicyclic) bond motifs is 1. The molecule has 0 aliphatic carbocycles. The Hall–Kier alpha value is -3.28. The van der Waals surface area contributed by atoms with E-state index in [2.05, 4.69) is 45.8 Å². The Balaban J connectivity index is 1.51. The summed E-state index contributed by atoms with van der Waals surface area (Å²) in [6.45, 7) is 5.76. The molecule has 0 atom stereocenters. The third kappa shape index (κ3) is 4.26. The number of hydrogen-bond donors (Lipinski definition) is 1. The highest BCUT2D eigenvalue weighted by Gasteiger charge is 2.20. The highest BCUT2D eigenvalue weighted by molar-refractivity contribution is 5.98. The van der Waals surface area contributed by atoms with Gasteiger partial charge in [0.15, 0.2) is 5.78 Å². The smallest absolute Gasteiger partial charge is 0.220 e. The van der Waals surface area contributed by atoms with Crippen molar-refractivity contribution < 1.29 is 4.79 Å². The first-order chi connectivity index (χ1) is 14.0. The van der Waals surface area contributed by atoms with Gasteiger partial charge in [0.05, 0.1) is 5.69 Å². The van der Waals surface area contributed by atoms with Gasteiger partial charge in [0, 0.05) is 49.5 Å². The number of pyridine rings is 1. The molecule has 0 spiro atoms. The van der Waals surface area contributed by atoms with E-state index >= 15 is 0 Å². The Morgan fingerprint density at radius 3 is 2.90 bits per heavy atom. The minimum absolute atomic E-state index is 0.100. The number of anilines is 2. The molecule has 6 nitrogen and oxygen atoms in total. The second-order valence-electron chi connectivity index (χ2n) is 7.77. The summed E-state index contributed by atoms with van der Waals surface area (Å²) in [5, 5.41) is 0. The van der Waals surface area contributed by atoms with Crippen LogP contribution in [0.5, 0.6) is 0 Å². The number of nitrogens with zero attached hydrogens (tertiary/aromatic N) is 4. The molecule has 0 fully saturated rings. The van der Waals surface area contributed by atoms with Crippen LogP contribution in [-0.2, 0) is 19.4 Å². The maximum absolute atomic E-state index is 12.9. The fraction of sp³-hybridized carbons (Fsp3) is 0.304. The molecule has 29 heavy (non-hydrogen) atoms. The zero-order valence-electron chi connectivity index (χ0n) is 16.8. The Morgan fingerprint density at radius 2 is 2.07 bits per heavy atom. The molecule has 0 bridgehead atoms. The zero-order chi connectivity index (χ0) is 20.4. The van der Waals surface area contributed by atoms with Crippen LogP contribution in [0.1, 0.15) is 52.5 Å². The van der Waals surface area contributed by atoms with Crippen molar-refractivity contribution in [2.45, 2.75) is 39.2 Å². The lowest BCUT2D eigenvalue weighted by molar-refractivity contribution is 0.0993. The second kappa shape index (κ2) is 7.99.